The van der Waals surface area contributed by atoms with Crippen LogP contribution in [-0.2, 0) is 0 Å². The maximum Gasteiger partial charge on any atom is 0.282 e. The molecule has 0 fully saturated rings. The third kappa shape index (κ3) is 3.68. The molecule has 2 aromatic carbocycles. The Morgan fingerprint density at radius 2 is 1.76 bits per heavy atom. The lowest BCUT2D eigenvalue weighted by molar-refractivity contribution is -0.385. The van der Waals surface area contributed by atoms with Gasteiger partial charge in [-0.05, 0) is 30.3 Å². The first-order chi connectivity index (χ1) is 9.86. The second-order valence-corrected chi connectivity index (χ2v) is 4.90. The fraction of sp³-hybridized carbons (Fsp3) is 0. The average molecular weight is 329 g/mol. The van der Waals surface area contributed by atoms with Crippen LogP contribution in [0.2, 0.25) is 10.0 Å². The number of carbonyl (C=O) groups is 1. The summed E-state index contributed by atoms with van der Waals surface area (Å²) in [6, 6.07) is 6.91. The van der Waals surface area contributed by atoms with E-state index in [4.69, 9.17) is 23.2 Å². The smallest absolute Gasteiger partial charge is 0.282 e. The molecule has 21 heavy (non-hydrogen) atoms. The summed E-state index contributed by atoms with van der Waals surface area (Å²) in [4.78, 5) is 22.1. The molecule has 1 N–H and O–H groups in total. The number of amides is 1. The predicted molar refractivity (Wildman–Crippen MR) is 77.5 cm³/mol. The minimum Gasteiger partial charge on any atom is -0.322 e. The second kappa shape index (κ2) is 6.07. The molecule has 108 valence electrons. The molecule has 0 spiro atoms. The Kier molecular flexibility index (Phi) is 4.40. The number of rotatable bonds is 3. The summed E-state index contributed by atoms with van der Waals surface area (Å²) in [7, 11) is 0. The molecule has 0 unspecified atom stereocenters. The van der Waals surface area contributed by atoms with Gasteiger partial charge < -0.3 is 5.32 Å². The van der Waals surface area contributed by atoms with Crippen LogP contribution in [0.3, 0.4) is 0 Å². The van der Waals surface area contributed by atoms with Gasteiger partial charge in [-0.2, -0.15) is 0 Å². The van der Waals surface area contributed by atoms with Crippen LogP contribution in [0.4, 0.5) is 15.8 Å². The number of anilines is 1. The fourth-order valence-corrected chi connectivity index (χ4v) is 2.20. The number of benzene rings is 2. The first-order valence-corrected chi connectivity index (χ1v) is 6.34. The van der Waals surface area contributed by atoms with Crippen molar-refractivity contribution in [3.05, 3.63) is 67.9 Å². The summed E-state index contributed by atoms with van der Waals surface area (Å²) in [6.45, 7) is 0. The van der Waals surface area contributed by atoms with E-state index in [-0.39, 0.29) is 15.7 Å². The molecular formula is C13H7Cl2FN2O3. The van der Waals surface area contributed by atoms with Crippen molar-refractivity contribution in [1.29, 1.82) is 0 Å². The highest BCUT2D eigenvalue weighted by molar-refractivity contribution is 6.35. The van der Waals surface area contributed by atoms with Gasteiger partial charge in [0.05, 0.1) is 4.92 Å². The zero-order chi connectivity index (χ0) is 15.6. The molecule has 0 saturated heterocycles. The third-order valence-electron chi connectivity index (χ3n) is 2.52. The van der Waals surface area contributed by atoms with E-state index in [0.29, 0.717) is 0 Å². The van der Waals surface area contributed by atoms with E-state index in [0.717, 1.165) is 18.2 Å². The van der Waals surface area contributed by atoms with Crippen molar-refractivity contribution >= 4 is 40.5 Å². The van der Waals surface area contributed by atoms with Crippen LogP contribution in [-0.4, -0.2) is 10.8 Å². The van der Waals surface area contributed by atoms with Crippen LogP contribution in [0.25, 0.3) is 0 Å². The molecule has 0 aromatic heterocycles. The highest BCUT2D eigenvalue weighted by Crippen LogP contribution is 2.25. The molecule has 0 aliphatic rings. The Morgan fingerprint density at radius 3 is 2.33 bits per heavy atom. The van der Waals surface area contributed by atoms with Crippen LogP contribution in [0.5, 0.6) is 0 Å². The number of nitrogens with zero attached hydrogens (tertiary/aromatic N) is 1. The lowest BCUT2D eigenvalue weighted by atomic mass is 10.1. The maximum atomic E-state index is 13.2. The van der Waals surface area contributed by atoms with Gasteiger partial charge in [0.25, 0.3) is 11.6 Å². The Balaban J connectivity index is 2.36. The van der Waals surface area contributed by atoms with E-state index in [9.17, 15) is 19.3 Å². The van der Waals surface area contributed by atoms with E-state index in [1.54, 1.807) is 0 Å². The number of nitrogens with one attached hydrogen (secondary N) is 1. The Labute approximate surface area is 128 Å². The summed E-state index contributed by atoms with van der Waals surface area (Å²) in [5.74, 6) is -1.59. The summed E-state index contributed by atoms with van der Waals surface area (Å²) in [5, 5.41) is 13.8. The topological polar surface area (TPSA) is 72.2 Å². The third-order valence-corrected chi connectivity index (χ3v) is 2.96. The van der Waals surface area contributed by atoms with Crippen molar-refractivity contribution in [2.24, 2.45) is 0 Å². The highest BCUT2D eigenvalue weighted by Gasteiger charge is 2.21. The number of nitro benzene ring substituents is 1. The first kappa shape index (κ1) is 15.2. The van der Waals surface area contributed by atoms with E-state index in [1.807, 2.05) is 0 Å². The maximum absolute atomic E-state index is 13.2. The van der Waals surface area contributed by atoms with Gasteiger partial charge in [0, 0.05) is 21.8 Å². The molecule has 0 radical (unpaired) electrons. The molecule has 2 aromatic rings. The van der Waals surface area contributed by atoms with Crippen LogP contribution in [0.1, 0.15) is 10.4 Å². The number of halogens is 3. The molecular weight excluding hydrogens is 322 g/mol. The molecule has 0 aliphatic carbocycles. The van der Waals surface area contributed by atoms with Gasteiger partial charge >= 0.3 is 0 Å². The minimum atomic E-state index is -0.834. The predicted octanol–water partition coefficient (Wildman–Crippen LogP) is 4.29. The number of hydrogen-bond acceptors (Lipinski definition) is 3. The van der Waals surface area contributed by atoms with Crippen LogP contribution >= 0.6 is 23.2 Å². The SMILES string of the molecule is O=C(Nc1cc(Cl)cc(Cl)c1)c1cc(F)ccc1[N+](=O)[O-]. The van der Waals surface area contributed by atoms with E-state index >= 15 is 0 Å². The largest absolute Gasteiger partial charge is 0.322 e. The molecule has 8 heteroatoms. The molecule has 0 heterocycles. The van der Waals surface area contributed by atoms with Crippen LogP contribution in [0, 0.1) is 15.9 Å². The molecule has 0 aliphatic heterocycles. The molecule has 5 nitrogen and oxygen atoms in total. The lowest BCUT2D eigenvalue weighted by Crippen LogP contribution is -2.14. The van der Waals surface area contributed by atoms with Gasteiger partial charge in [0.2, 0.25) is 0 Å². The summed E-state index contributed by atoms with van der Waals surface area (Å²) < 4.78 is 13.2. The van der Waals surface area contributed by atoms with Gasteiger partial charge in [0.1, 0.15) is 11.4 Å². The molecule has 0 saturated carbocycles. The Hall–Kier alpha value is -2.18. The Bertz CT molecular complexity index is 717. The van der Waals surface area contributed by atoms with Crippen molar-refractivity contribution < 1.29 is 14.1 Å². The minimum absolute atomic E-state index is 0.246. The van der Waals surface area contributed by atoms with Crippen molar-refractivity contribution in [2.45, 2.75) is 0 Å². The van der Waals surface area contributed by atoms with E-state index in [2.05, 4.69) is 5.32 Å². The first-order valence-electron chi connectivity index (χ1n) is 5.58. The van der Waals surface area contributed by atoms with Crippen molar-refractivity contribution in [1.82, 2.24) is 0 Å². The standard InChI is InChI=1S/C13H7Cl2FN2O3/c14-7-3-8(15)5-10(4-7)17-13(19)11-6-9(16)1-2-12(11)18(20)21/h1-6H,(H,17,19). The van der Waals surface area contributed by atoms with Gasteiger partial charge in [-0.1, -0.05) is 23.2 Å². The van der Waals surface area contributed by atoms with Crippen LogP contribution in [0.15, 0.2) is 36.4 Å². The zero-order valence-corrected chi connectivity index (χ0v) is 11.8. The fourth-order valence-electron chi connectivity index (χ4n) is 1.67. The highest BCUT2D eigenvalue weighted by atomic mass is 35.5. The molecule has 0 bridgehead atoms. The normalized spacial score (nSPS) is 10.2. The number of nitro groups is 1. The van der Waals surface area contributed by atoms with Crippen molar-refractivity contribution in [2.75, 3.05) is 5.32 Å². The molecule has 2 rings (SSSR count). The molecule has 0 atom stereocenters. The van der Waals surface area contributed by atoms with E-state index in [1.165, 1.54) is 18.2 Å². The van der Waals surface area contributed by atoms with Crippen molar-refractivity contribution in [3.63, 3.8) is 0 Å². The zero-order valence-electron chi connectivity index (χ0n) is 10.3. The van der Waals surface area contributed by atoms with Gasteiger partial charge in [-0.25, -0.2) is 4.39 Å². The van der Waals surface area contributed by atoms with E-state index < -0.39 is 27.9 Å². The quantitative estimate of drug-likeness (QED) is 0.674. The Morgan fingerprint density at radius 1 is 1.14 bits per heavy atom. The summed E-state index contributed by atoms with van der Waals surface area (Å²) in [6.07, 6.45) is 0. The summed E-state index contributed by atoms with van der Waals surface area (Å²) >= 11 is 11.6. The lowest BCUT2D eigenvalue weighted by Gasteiger charge is -2.07. The molecule has 1 amide bonds. The average Bonchev–Trinajstić information content (AvgIpc) is 2.36. The van der Waals surface area contributed by atoms with Crippen LogP contribution < -0.4 is 5.32 Å². The monoisotopic (exact) mass is 328 g/mol. The van der Waals surface area contributed by atoms with Crippen molar-refractivity contribution in [3.8, 4) is 0 Å². The van der Waals surface area contributed by atoms with Gasteiger partial charge in [0.15, 0.2) is 0 Å². The van der Waals surface area contributed by atoms with Gasteiger partial charge in [-0.3, -0.25) is 14.9 Å². The summed E-state index contributed by atoms with van der Waals surface area (Å²) in [5.41, 5.74) is -0.644. The second-order valence-electron chi connectivity index (χ2n) is 4.03. The number of carbonyl (C=O) groups excluding carboxylic acids is 1. The number of hydrogen-bond donors (Lipinski definition) is 1. The van der Waals surface area contributed by atoms with Gasteiger partial charge in [-0.15, -0.1) is 0 Å².